The lowest BCUT2D eigenvalue weighted by Crippen LogP contribution is -2.22. The van der Waals surface area contributed by atoms with Crippen molar-refractivity contribution < 1.29 is 9.18 Å². The number of anilines is 4. The highest BCUT2D eigenvalue weighted by atomic mass is 35.5. The molecule has 0 bridgehead atoms. The van der Waals surface area contributed by atoms with E-state index in [1.54, 1.807) is 18.2 Å². The average molecular weight is 411 g/mol. The molecule has 0 radical (unpaired) electrons. The van der Waals surface area contributed by atoms with E-state index in [2.05, 4.69) is 20.6 Å². The molecule has 148 valence electrons. The molecule has 1 atom stereocenters. The molecule has 0 aliphatic heterocycles. The number of rotatable bonds is 4. The van der Waals surface area contributed by atoms with Crippen molar-refractivity contribution in [3.05, 3.63) is 70.1 Å². The standard InChI is InChI=1S/C22H20ClFN4O/c1-12-9-18-20(19(29)10-12)21(25-16-6-3-13(2)17(23)11-16)28-22(27-18)26-15-7-4-14(24)5-8-15/h3-8,11-12H,9-10H2,1-2H3,(H2,25,26,27,28). The Hall–Kier alpha value is -2.99. The summed E-state index contributed by atoms with van der Waals surface area (Å²) in [5, 5.41) is 6.94. The van der Waals surface area contributed by atoms with E-state index in [-0.39, 0.29) is 17.5 Å². The van der Waals surface area contributed by atoms with Gasteiger partial charge in [0.15, 0.2) is 5.78 Å². The van der Waals surface area contributed by atoms with Gasteiger partial charge in [0.25, 0.3) is 0 Å². The van der Waals surface area contributed by atoms with Crippen LogP contribution >= 0.6 is 11.6 Å². The fourth-order valence-electron chi connectivity index (χ4n) is 3.38. The van der Waals surface area contributed by atoms with Crippen LogP contribution in [-0.4, -0.2) is 15.8 Å². The number of carbonyl (C=O) groups excluding carboxylic acids is 1. The molecule has 1 aliphatic rings. The summed E-state index contributed by atoms with van der Waals surface area (Å²) in [5.74, 6) is 0.701. The number of aryl methyl sites for hydroxylation is 1. The Kier molecular flexibility index (Phi) is 5.20. The molecule has 0 amide bonds. The summed E-state index contributed by atoms with van der Waals surface area (Å²) < 4.78 is 13.2. The van der Waals surface area contributed by atoms with E-state index in [0.29, 0.717) is 46.6 Å². The Morgan fingerprint density at radius 3 is 2.48 bits per heavy atom. The highest BCUT2D eigenvalue weighted by Crippen LogP contribution is 2.32. The molecule has 4 rings (SSSR count). The number of aromatic nitrogens is 2. The molecule has 1 aliphatic carbocycles. The summed E-state index contributed by atoms with van der Waals surface area (Å²) in [5.41, 5.74) is 3.58. The molecule has 0 spiro atoms. The van der Waals surface area contributed by atoms with Crippen molar-refractivity contribution >= 4 is 40.5 Å². The van der Waals surface area contributed by atoms with Crippen LogP contribution in [0.1, 0.15) is 35.0 Å². The first-order chi connectivity index (χ1) is 13.9. The Morgan fingerprint density at radius 1 is 1.03 bits per heavy atom. The smallest absolute Gasteiger partial charge is 0.229 e. The van der Waals surface area contributed by atoms with Crippen molar-refractivity contribution in [2.75, 3.05) is 10.6 Å². The number of halogens is 2. The van der Waals surface area contributed by atoms with Gasteiger partial charge in [-0.05, 0) is 61.2 Å². The van der Waals surface area contributed by atoms with Gasteiger partial charge in [-0.15, -0.1) is 0 Å². The minimum absolute atomic E-state index is 0.0211. The van der Waals surface area contributed by atoms with Gasteiger partial charge in [-0.25, -0.2) is 9.37 Å². The molecular formula is C22H20ClFN4O. The maximum atomic E-state index is 13.2. The number of benzene rings is 2. The molecular weight excluding hydrogens is 391 g/mol. The summed E-state index contributed by atoms with van der Waals surface area (Å²) >= 11 is 6.24. The van der Waals surface area contributed by atoms with Crippen molar-refractivity contribution in [3.63, 3.8) is 0 Å². The normalized spacial score (nSPS) is 15.7. The molecule has 1 unspecified atom stereocenters. The molecule has 7 heteroatoms. The van der Waals surface area contributed by atoms with Crippen LogP contribution in [0.15, 0.2) is 42.5 Å². The van der Waals surface area contributed by atoms with Crippen molar-refractivity contribution in [1.82, 2.24) is 9.97 Å². The van der Waals surface area contributed by atoms with Crippen molar-refractivity contribution in [2.24, 2.45) is 5.92 Å². The van der Waals surface area contributed by atoms with Gasteiger partial charge in [0.1, 0.15) is 11.6 Å². The third kappa shape index (κ3) is 4.22. The number of hydrogen-bond donors (Lipinski definition) is 2. The number of Topliss-reactive ketones (excluding diaryl/α,β-unsaturated/α-hetero) is 1. The largest absolute Gasteiger partial charge is 0.339 e. The van der Waals surface area contributed by atoms with Crippen LogP contribution in [0.4, 0.5) is 27.5 Å². The number of nitrogens with one attached hydrogen (secondary N) is 2. The lowest BCUT2D eigenvalue weighted by molar-refractivity contribution is 0.0953. The third-order valence-electron chi connectivity index (χ3n) is 4.87. The molecule has 2 aromatic carbocycles. The zero-order chi connectivity index (χ0) is 20.5. The molecule has 2 N–H and O–H groups in total. The van der Waals surface area contributed by atoms with E-state index < -0.39 is 0 Å². The summed E-state index contributed by atoms with van der Waals surface area (Å²) in [6.45, 7) is 3.96. The maximum absolute atomic E-state index is 13.2. The van der Waals surface area contributed by atoms with Gasteiger partial charge in [0, 0.05) is 22.8 Å². The van der Waals surface area contributed by atoms with Gasteiger partial charge < -0.3 is 10.6 Å². The summed E-state index contributed by atoms with van der Waals surface area (Å²) in [6.07, 6.45) is 1.15. The van der Waals surface area contributed by atoms with Crippen molar-refractivity contribution in [3.8, 4) is 0 Å². The molecule has 0 saturated carbocycles. The summed E-state index contributed by atoms with van der Waals surface area (Å²) in [6, 6.07) is 11.5. The lowest BCUT2D eigenvalue weighted by Gasteiger charge is -2.23. The van der Waals surface area contributed by atoms with Crippen LogP contribution in [0.25, 0.3) is 0 Å². The van der Waals surface area contributed by atoms with Crippen LogP contribution in [-0.2, 0) is 6.42 Å². The van der Waals surface area contributed by atoms with Gasteiger partial charge >= 0.3 is 0 Å². The molecule has 3 aromatic rings. The SMILES string of the molecule is Cc1ccc(Nc2nc(Nc3ccc(F)cc3)nc3c2C(=O)CC(C)C3)cc1Cl. The van der Waals surface area contributed by atoms with E-state index in [0.717, 1.165) is 11.3 Å². The van der Waals surface area contributed by atoms with Gasteiger partial charge in [0.05, 0.1) is 11.3 Å². The van der Waals surface area contributed by atoms with Crippen molar-refractivity contribution in [2.45, 2.75) is 26.7 Å². The van der Waals surface area contributed by atoms with E-state index in [1.807, 2.05) is 26.0 Å². The first-order valence-corrected chi connectivity index (χ1v) is 9.76. The van der Waals surface area contributed by atoms with E-state index in [1.165, 1.54) is 12.1 Å². The van der Waals surface area contributed by atoms with Gasteiger partial charge in [-0.2, -0.15) is 4.98 Å². The predicted molar refractivity (Wildman–Crippen MR) is 113 cm³/mol. The molecule has 29 heavy (non-hydrogen) atoms. The number of ketones is 1. The zero-order valence-electron chi connectivity index (χ0n) is 16.1. The topological polar surface area (TPSA) is 66.9 Å². The van der Waals surface area contributed by atoms with Crippen LogP contribution in [0.3, 0.4) is 0 Å². The fourth-order valence-corrected chi connectivity index (χ4v) is 3.57. The second-order valence-corrected chi connectivity index (χ2v) is 7.78. The monoisotopic (exact) mass is 410 g/mol. The number of carbonyl (C=O) groups is 1. The first-order valence-electron chi connectivity index (χ1n) is 9.39. The average Bonchev–Trinajstić information content (AvgIpc) is 2.66. The molecule has 0 saturated heterocycles. The Bertz CT molecular complexity index is 1080. The second-order valence-electron chi connectivity index (χ2n) is 7.37. The molecule has 5 nitrogen and oxygen atoms in total. The Morgan fingerprint density at radius 2 is 1.76 bits per heavy atom. The van der Waals surface area contributed by atoms with Gasteiger partial charge in [-0.1, -0.05) is 24.6 Å². The number of nitrogens with zero attached hydrogens (tertiary/aromatic N) is 2. The Balaban J connectivity index is 1.74. The van der Waals surface area contributed by atoms with Crippen LogP contribution in [0, 0.1) is 18.7 Å². The van der Waals surface area contributed by atoms with Crippen molar-refractivity contribution in [1.29, 1.82) is 0 Å². The highest BCUT2D eigenvalue weighted by molar-refractivity contribution is 6.31. The maximum Gasteiger partial charge on any atom is 0.229 e. The summed E-state index contributed by atoms with van der Waals surface area (Å²) in [4.78, 5) is 21.8. The molecule has 1 aromatic heterocycles. The van der Waals surface area contributed by atoms with E-state index in [4.69, 9.17) is 11.6 Å². The predicted octanol–water partition coefficient (Wildman–Crippen LogP) is 5.83. The summed E-state index contributed by atoms with van der Waals surface area (Å²) in [7, 11) is 0. The quantitative estimate of drug-likeness (QED) is 0.566. The van der Waals surface area contributed by atoms with Crippen LogP contribution < -0.4 is 10.6 Å². The van der Waals surface area contributed by atoms with Crippen LogP contribution in [0.5, 0.6) is 0 Å². The zero-order valence-corrected chi connectivity index (χ0v) is 16.8. The number of hydrogen-bond acceptors (Lipinski definition) is 5. The molecule has 0 fully saturated rings. The minimum atomic E-state index is -0.320. The Labute approximate surface area is 173 Å². The van der Waals surface area contributed by atoms with Gasteiger partial charge in [-0.3, -0.25) is 4.79 Å². The highest BCUT2D eigenvalue weighted by Gasteiger charge is 2.28. The second kappa shape index (κ2) is 7.79. The lowest BCUT2D eigenvalue weighted by atomic mass is 9.87. The minimum Gasteiger partial charge on any atom is -0.339 e. The van der Waals surface area contributed by atoms with Crippen LogP contribution in [0.2, 0.25) is 5.02 Å². The van der Waals surface area contributed by atoms with E-state index >= 15 is 0 Å². The van der Waals surface area contributed by atoms with E-state index in [9.17, 15) is 9.18 Å². The third-order valence-corrected chi connectivity index (χ3v) is 5.28. The fraction of sp³-hybridized carbons (Fsp3) is 0.227. The van der Waals surface area contributed by atoms with Gasteiger partial charge in [0.2, 0.25) is 5.95 Å². The number of fused-ring (bicyclic) bond motifs is 1. The molecule has 1 heterocycles. The first kappa shape index (κ1) is 19.3.